The molecule has 1 aliphatic heterocycles. The normalized spacial score (nSPS) is 50.2. The highest BCUT2D eigenvalue weighted by Gasteiger charge is 2.64. The molecule has 4 aliphatic rings. The Kier molecular flexibility index (Phi) is 4.54. The highest BCUT2D eigenvalue weighted by atomic mass is 16.5. The van der Waals surface area contributed by atoms with E-state index in [2.05, 4.69) is 46.4 Å². The van der Waals surface area contributed by atoms with Gasteiger partial charge in [0, 0.05) is 18.5 Å². The van der Waals surface area contributed by atoms with Crippen LogP contribution in [0.25, 0.3) is 0 Å². The number of fused-ring (bicyclic) bond motifs is 5. The van der Waals surface area contributed by atoms with E-state index in [0.29, 0.717) is 29.7 Å². The smallest absolute Gasteiger partial charge is 0.225 e. The minimum absolute atomic E-state index is 0.0527. The molecular weight excluding hydrogens is 334 g/mol. The van der Waals surface area contributed by atoms with Gasteiger partial charge in [0.25, 0.3) is 0 Å². The summed E-state index contributed by atoms with van der Waals surface area (Å²) in [6, 6.07) is 0.327. The second kappa shape index (κ2) is 6.21. The standard InChI is InChI=1S/C24H41NO2/c1-15-13-18-24(6,19(27-22(2,3)4)14-20(26)25(18)7)17-10-12-23(5)11-8-9-16(23)21(15)17/h15-19,21H,8-14H2,1-7H3/t15?,16-,17+,18?,19?,21-,23-,24+/m0/s1. The van der Waals surface area contributed by atoms with Gasteiger partial charge in [-0.1, -0.05) is 27.2 Å². The zero-order chi connectivity index (χ0) is 19.8. The van der Waals surface area contributed by atoms with Gasteiger partial charge in [-0.15, -0.1) is 0 Å². The van der Waals surface area contributed by atoms with Crippen molar-refractivity contribution in [3.63, 3.8) is 0 Å². The van der Waals surface area contributed by atoms with Crippen molar-refractivity contribution in [2.75, 3.05) is 7.05 Å². The molecule has 0 aromatic rings. The van der Waals surface area contributed by atoms with E-state index < -0.39 is 0 Å². The first kappa shape index (κ1) is 19.7. The average molecular weight is 376 g/mol. The van der Waals surface area contributed by atoms with Crippen LogP contribution in [0, 0.1) is 34.5 Å². The zero-order valence-electron chi connectivity index (χ0n) is 18.7. The summed E-state index contributed by atoms with van der Waals surface area (Å²) in [7, 11) is 2.05. The maximum atomic E-state index is 12.8. The van der Waals surface area contributed by atoms with Crippen LogP contribution in [0.2, 0.25) is 0 Å². The van der Waals surface area contributed by atoms with E-state index in [1.807, 2.05) is 7.05 Å². The molecule has 0 N–H and O–H groups in total. The molecule has 27 heavy (non-hydrogen) atoms. The predicted molar refractivity (Wildman–Crippen MR) is 109 cm³/mol. The molecule has 3 saturated carbocycles. The maximum Gasteiger partial charge on any atom is 0.225 e. The van der Waals surface area contributed by atoms with Crippen molar-refractivity contribution in [1.29, 1.82) is 0 Å². The molecule has 3 aliphatic carbocycles. The molecule has 154 valence electrons. The molecule has 3 unspecified atom stereocenters. The lowest BCUT2D eigenvalue weighted by atomic mass is 9.44. The fraction of sp³-hybridized carbons (Fsp3) is 0.958. The van der Waals surface area contributed by atoms with Crippen LogP contribution in [0.1, 0.15) is 86.5 Å². The Labute approximate surface area is 166 Å². The third kappa shape index (κ3) is 2.90. The first-order valence-corrected chi connectivity index (χ1v) is 11.4. The molecule has 0 radical (unpaired) electrons. The Hall–Kier alpha value is -0.570. The summed E-state index contributed by atoms with van der Waals surface area (Å²) in [5, 5.41) is 0. The molecule has 1 amide bonds. The third-order valence-electron chi connectivity index (χ3n) is 9.29. The Morgan fingerprint density at radius 2 is 1.81 bits per heavy atom. The van der Waals surface area contributed by atoms with Crippen molar-refractivity contribution in [3.05, 3.63) is 0 Å². The van der Waals surface area contributed by atoms with Crippen LogP contribution < -0.4 is 0 Å². The summed E-state index contributed by atoms with van der Waals surface area (Å²) >= 11 is 0. The van der Waals surface area contributed by atoms with Crippen LogP contribution in [0.3, 0.4) is 0 Å². The number of nitrogens with zero attached hydrogens (tertiary/aromatic N) is 1. The molecule has 1 saturated heterocycles. The quantitative estimate of drug-likeness (QED) is 0.624. The van der Waals surface area contributed by atoms with Crippen LogP contribution in [0.4, 0.5) is 0 Å². The van der Waals surface area contributed by atoms with Gasteiger partial charge >= 0.3 is 0 Å². The van der Waals surface area contributed by atoms with Crippen LogP contribution in [0.5, 0.6) is 0 Å². The van der Waals surface area contributed by atoms with E-state index in [0.717, 1.165) is 18.3 Å². The Morgan fingerprint density at radius 3 is 2.48 bits per heavy atom. The average Bonchev–Trinajstić information content (AvgIpc) is 2.95. The Morgan fingerprint density at radius 1 is 1.11 bits per heavy atom. The van der Waals surface area contributed by atoms with Crippen molar-refractivity contribution in [2.24, 2.45) is 34.5 Å². The van der Waals surface area contributed by atoms with Gasteiger partial charge in [0.05, 0.1) is 18.1 Å². The molecule has 8 atom stereocenters. The first-order chi connectivity index (χ1) is 12.5. The molecule has 4 fully saturated rings. The Bertz CT molecular complexity index is 610. The lowest BCUT2D eigenvalue weighted by Gasteiger charge is -2.65. The molecule has 3 nitrogen and oxygen atoms in total. The number of hydrogen-bond donors (Lipinski definition) is 0. The van der Waals surface area contributed by atoms with E-state index in [9.17, 15) is 4.79 Å². The SMILES string of the molecule is CC1CC2N(C)C(=O)CC(OC(C)(C)C)[C@]2(C)[C@@H]2CC[C@]3(C)CCC[C@H]3[C@H]12. The van der Waals surface area contributed by atoms with Crippen LogP contribution in [0.15, 0.2) is 0 Å². The van der Waals surface area contributed by atoms with Crippen LogP contribution >= 0.6 is 0 Å². The molecule has 3 heteroatoms. The number of likely N-dealkylation sites (tertiary alicyclic amines) is 1. The summed E-state index contributed by atoms with van der Waals surface area (Å²) in [6.45, 7) is 14.0. The zero-order valence-corrected chi connectivity index (χ0v) is 18.7. The van der Waals surface area contributed by atoms with Crippen molar-refractivity contribution in [1.82, 2.24) is 4.90 Å². The van der Waals surface area contributed by atoms with Crippen molar-refractivity contribution in [3.8, 4) is 0 Å². The van der Waals surface area contributed by atoms with Gasteiger partial charge < -0.3 is 9.64 Å². The Balaban J connectivity index is 1.75. The molecule has 0 spiro atoms. The molecule has 0 aromatic heterocycles. The van der Waals surface area contributed by atoms with Gasteiger partial charge in [0.1, 0.15) is 0 Å². The number of piperidine rings is 1. The van der Waals surface area contributed by atoms with Gasteiger partial charge in [-0.3, -0.25) is 4.79 Å². The van der Waals surface area contributed by atoms with Crippen LogP contribution in [-0.4, -0.2) is 35.6 Å². The second-order valence-corrected chi connectivity index (χ2v) is 11.9. The third-order valence-corrected chi connectivity index (χ3v) is 9.29. The topological polar surface area (TPSA) is 29.5 Å². The fourth-order valence-electron chi connectivity index (χ4n) is 8.03. The second-order valence-electron chi connectivity index (χ2n) is 11.9. The summed E-state index contributed by atoms with van der Waals surface area (Å²) < 4.78 is 6.64. The van der Waals surface area contributed by atoms with E-state index >= 15 is 0 Å². The van der Waals surface area contributed by atoms with E-state index in [4.69, 9.17) is 4.74 Å². The lowest BCUT2D eigenvalue weighted by Crippen LogP contribution is -2.68. The number of carbonyl (C=O) groups is 1. The van der Waals surface area contributed by atoms with Crippen molar-refractivity contribution >= 4 is 5.91 Å². The molecule has 1 heterocycles. The number of hydrogen-bond acceptors (Lipinski definition) is 2. The highest BCUT2D eigenvalue weighted by Crippen LogP contribution is 2.66. The summed E-state index contributed by atoms with van der Waals surface area (Å²) in [5.41, 5.74) is 0.440. The van der Waals surface area contributed by atoms with E-state index in [1.165, 1.54) is 32.1 Å². The molecule has 0 aromatic carbocycles. The van der Waals surface area contributed by atoms with E-state index in [-0.39, 0.29) is 23.0 Å². The summed E-state index contributed by atoms with van der Waals surface area (Å²) in [4.78, 5) is 14.9. The number of carbonyl (C=O) groups excluding carboxylic acids is 1. The highest BCUT2D eigenvalue weighted by molar-refractivity contribution is 5.78. The van der Waals surface area contributed by atoms with Gasteiger partial charge in [-0.2, -0.15) is 0 Å². The molecule has 0 bridgehead atoms. The minimum atomic E-state index is -0.205. The monoisotopic (exact) mass is 375 g/mol. The van der Waals surface area contributed by atoms with Gasteiger partial charge in [0.2, 0.25) is 5.91 Å². The maximum absolute atomic E-state index is 12.8. The van der Waals surface area contributed by atoms with Gasteiger partial charge in [-0.25, -0.2) is 0 Å². The van der Waals surface area contributed by atoms with Gasteiger partial charge in [0.15, 0.2) is 0 Å². The fourth-order valence-corrected chi connectivity index (χ4v) is 8.03. The number of amides is 1. The van der Waals surface area contributed by atoms with Crippen molar-refractivity contribution < 1.29 is 9.53 Å². The predicted octanol–water partition coefficient (Wildman–Crippen LogP) is 5.28. The summed E-state index contributed by atoms with van der Waals surface area (Å²) in [6.07, 6.45) is 8.71. The summed E-state index contributed by atoms with van der Waals surface area (Å²) in [5.74, 6) is 3.35. The van der Waals surface area contributed by atoms with Gasteiger partial charge in [-0.05, 0) is 82.0 Å². The van der Waals surface area contributed by atoms with E-state index in [1.54, 1.807) is 0 Å². The number of rotatable bonds is 1. The minimum Gasteiger partial charge on any atom is -0.371 e. The van der Waals surface area contributed by atoms with Crippen molar-refractivity contribution in [2.45, 2.75) is 104 Å². The molecule has 4 rings (SSSR count). The first-order valence-electron chi connectivity index (χ1n) is 11.4. The number of ether oxygens (including phenoxy) is 1. The lowest BCUT2D eigenvalue weighted by molar-refractivity contribution is -0.223. The van der Waals surface area contributed by atoms with Crippen LogP contribution in [-0.2, 0) is 9.53 Å². The largest absolute Gasteiger partial charge is 0.371 e. The molecular formula is C24H41NO2.